The van der Waals surface area contributed by atoms with Crippen molar-refractivity contribution in [2.24, 2.45) is 0 Å². The molecule has 5 heterocycles. The quantitative estimate of drug-likeness (QED) is 0.475. The number of thioether (sulfide) groups is 1. The summed E-state index contributed by atoms with van der Waals surface area (Å²) in [6.45, 7) is 8.64. The minimum atomic E-state index is -0.182. The third kappa shape index (κ3) is 3.50. The number of fused-ring (bicyclic) bond motifs is 5. The molecule has 5 rings (SSSR count). The summed E-state index contributed by atoms with van der Waals surface area (Å²) in [4.78, 5) is 15.7. The van der Waals surface area contributed by atoms with Crippen LogP contribution < -0.4 is 5.32 Å². The van der Waals surface area contributed by atoms with E-state index in [4.69, 9.17) is 24.4 Å². The van der Waals surface area contributed by atoms with E-state index in [1.807, 2.05) is 6.26 Å². The van der Waals surface area contributed by atoms with Gasteiger partial charge in [0.25, 0.3) is 0 Å². The molecule has 8 heteroatoms. The molecule has 2 aliphatic rings. The van der Waals surface area contributed by atoms with Gasteiger partial charge in [-0.25, -0.2) is 15.0 Å². The van der Waals surface area contributed by atoms with Gasteiger partial charge in [-0.3, -0.25) is 0 Å². The molecule has 0 aromatic carbocycles. The second-order valence-electron chi connectivity index (χ2n) is 8.41. The van der Waals surface area contributed by atoms with E-state index in [0.29, 0.717) is 6.61 Å². The van der Waals surface area contributed by atoms with E-state index in [0.717, 1.165) is 64.1 Å². The standard InChI is InChI=1S/C21H26N4O2S2/c1-11-14-10-27-21(2,3)8-13(14)15-16-17(29-19(15)23-11)18(25-20(24-16)28-4)22-9-12-6-5-7-26-12/h12H,5-10H2,1-4H3,(H,22,24,25)/t12-/m1/s1. The zero-order valence-corrected chi connectivity index (χ0v) is 18.9. The smallest absolute Gasteiger partial charge is 0.189 e. The Morgan fingerprint density at radius 2 is 2.10 bits per heavy atom. The first-order valence-electron chi connectivity index (χ1n) is 10.1. The first-order chi connectivity index (χ1) is 13.9. The second-order valence-corrected chi connectivity index (χ2v) is 10.2. The molecule has 1 atom stereocenters. The lowest BCUT2D eigenvalue weighted by Gasteiger charge is -2.32. The number of nitrogens with zero attached hydrogens (tertiary/aromatic N) is 3. The predicted octanol–water partition coefficient (Wildman–Crippen LogP) is 4.71. The van der Waals surface area contributed by atoms with Gasteiger partial charge in [-0.15, -0.1) is 11.3 Å². The third-order valence-corrected chi connectivity index (χ3v) is 7.41. The highest BCUT2D eigenvalue weighted by atomic mass is 32.2. The van der Waals surface area contributed by atoms with Gasteiger partial charge in [0.1, 0.15) is 10.6 Å². The minimum Gasteiger partial charge on any atom is -0.376 e. The number of pyridine rings is 1. The van der Waals surface area contributed by atoms with Crippen molar-refractivity contribution in [1.29, 1.82) is 0 Å². The Kier molecular flexibility index (Phi) is 4.93. The fourth-order valence-electron chi connectivity index (χ4n) is 4.24. The van der Waals surface area contributed by atoms with Gasteiger partial charge < -0.3 is 14.8 Å². The summed E-state index contributed by atoms with van der Waals surface area (Å²) >= 11 is 3.26. The van der Waals surface area contributed by atoms with Crippen LogP contribution in [0.2, 0.25) is 0 Å². The van der Waals surface area contributed by atoms with Gasteiger partial charge in [0.15, 0.2) is 5.16 Å². The summed E-state index contributed by atoms with van der Waals surface area (Å²) in [6.07, 6.45) is 5.39. The highest BCUT2D eigenvalue weighted by Crippen LogP contribution is 2.42. The first-order valence-corrected chi connectivity index (χ1v) is 12.2. The number of hydrogen-bond donors (Lipinski definition) is 1. The monoisotopic (exact) mass is 430 g/mol. The molecular formula is C21H26N4O2S2. The van der Waals surface area contributed by atoms with E-state index in [9.17, 15) is 0 Å². The highest BCUT2D eigenvalue weighted by Gasteiger charge is 2.31. The maximum absolute atomic E-state index is 6.07. The van der Waals surface area contributed by atoms with Crippen molar-refractivity contribution in [3.8, 4) is 0 Å². The zero-order valence-electron chi connectivity index (χ0n) is 17.3. The number of anilines is 1. The van der Waals surface area contributed by atoms with Crippen LogP contribution in [0.3, 0.4) is 0 Å². The number of thiophene rings is 1. The molecule has 0 aliphatic carbocycles. The number of aryl methyl sites for hydroxylation is 1. The Labute approximate surface area is 178 Å². The van der Waals surface area contributed by atoms with Crippen LogP contribution in [0, 0.1) is 6.92 Å². The summed E-state index contributed by atoms with van der Waals surface area (Å²) in [5, 5.41) is 5.51. The van der Waals surface area contributed by atoms with Crippen LogP contribution in [0.4, 0.5) is 5.82 Å². The van der Waals surface area contributed by atoms with E-state index < -0.39 is 0 Å². The van der Waals surface area contributed by atoms with Crippen LogP contribution in [0.5, 0.6) is 0 Å². The lowest BCUT2D eigenvalue weighted by Crippen LogP contribution is -2.32. The van der Waals surface area contributed by atoms with Crippen molar-refractivity contribution in [2.45, 2.75) is 63.5 Å². The Hall–Kier alpha value is -1.48. The fraction of sp³-hybridized carbons (Fsp3) is 0.571. The van der Waals surface area contributed by atoms with Gasteiger partial charge in [0.2, 0.25) is 0 Å². The Bertz CT molecular complexity index is 1090. The molecule has 1 saturated heterocycles. The van der Waals surface area contributed by atoms with Crippen LogP contribution in [0.1, 0.15) is 43.5 Å². The van der Waals surface area contributed by atoms with Gasteiger partial charge >= 0.3 is 0 Å². The molecule has 0 saturated carbocycles. The van der Waals surface area contributed by atoms with Crippen molar-refractivity contribution in [3.05, 3.63) is 16.8 Å². The average Bonchev–Trinajstić information content (AvgIpc) is 3.32. The predicted molar refractivity (Wildman–Crippen MR) is 119 cm³/mol. The maximum atomic E-state index is 6.07. The number of ether oxygens (including phenoxy) is 2. The molecule has 1 fully saturated rings. The number of aromatic nitrogens is 3. The largest absolute Gasteiger partial charge is 0.376 e. The van der Waals surface area contributed by atoms with Gasteiger partial charge in [-0.2, -0.15) is 0 Å². The Morgan fingerprint density at radius 3 is 2.86 bits per heavy atom. The molecule has 29 heavy (non-hydrogen) atoms. The van der Waals surface area contributed by atoms with Crippen LogP contribution in [-0.2, 0) is 22.5 Å². The molecular weight excluding hydrogens is 404 g/mol. The van der Waals surface area contributed by atoms with Crippen LogP contribution >= 0.6 is 23.1 Å². The van der Waals surface area contributed by atoms with E-state index in [1.54, 1.807) is 23.1 Å². The molecule has 1 N–H and O–H groups in total. The topological polar surface area (TPSA) is 69.2 Å². The third-order valence-electron chi connectivity index (χ3n) is 5.78. The highest BCUT2D eigenvalue weighted by molar-refractivity contribution is 7.98. The lowest BCUT2D eigenvalue weighted by atomic mass is 9.89. The van der Waals surface area contributed by atoms with E-state index in [-0.39, 0.29) is 11.7 Å². The van der Waals surface area contributed by atoms with Crippen molar-refractivity contribution in [1.82, 2.24) is 15.0 Å². The molecule has 3 aromatic heterocycles. The fourth-order valence-corrected chi connectivity index (χ4v) is 5.76. The molecule has 0 unspecified atom stereocenters. The summed E-state index contributed by atoms with van der Waals surface area (Å²) in [6, 6.07) is 0. The van der Waals surface area contributed by atoms with Gasteiger partial charge in [0.05, 0.1) is 28.5 Å². The maximum Gasteiger partial charge on any atom is 0.189 e. The van der Waals surface area contributed by atoms with Crippen molar-refractivity contribution in [3.63, 3.8) is 0 Å². The van der Waals surface area contributed by atoms with Gasteiger partial charge in [-0.05, 0) is 45.4 Å². The van der Waals surface area contributed by atoms with Crippen LogP contribution in [-0.4, -0.2) is 46.1 Å². The SMILES string of the molecule is CSc1nc(NC[C@H]2CCCO2)c2sc3nc(C)c4c(c3c2n1)CC(C)(C)OC4. The molecule has 0 radical (unpaired) electrons. The number of hydrogen-bond acceptors (Lipinski definition) is 8. The van der Waals surface area contributed by atoms with Gasteiger partial charge in [0, 0.05) is 36.2 Å². The Morgan fingerprint density at radius 1 is 1.24 bits per heavy atom. The zero-order chi connectivity index (χ0) is 20.2. The van der Waals surface area contributed by atoms with E-state index in [1.165, 1.54) is 16.5 Å². The summed E-state index contributed by atoms with van der Waals surface area (Å²) in [5.41, 5.74) is 4.45. The molecule has 154 valence electrons. The number of nitrogens with one attached hydrogen (secondary N) is 1. The number of rotatable bonds is 4. The lowest BCUT2D eigenvalue weighted by molar-refractivity contribution is -0.0400. The second kappa shape index (κ2) is 7.34. The van der Waals surface area contributed by atoms with Crippen LogP contribution in [0.25, 0.3) is 20.4 Å². The van der Waals surface area contributed by atoms with Crippen LogP contribution in [0.15, 0.2) is 5.16 Å². The van der Waals surface area contributed by atoms with E-state index >= 15 is 0 Å². The molecule has 0 bridgehead atoms. The normalized spacial score (nSPS) is 21.0. The first kappa shape index (κ1) is 19.5. The minimum absolute atomic E-state index is 0.182. The molecule has 3 aromatic rings. The molecule has 0 spiro atoms. The van der Waals surface area contributed by atoms with Crippen molar-refractivity contribution in [2.75, 3.05) is 24.7 Å². The van der Waals surface area contributed by atoms with Crippen molar-refractivity contribution >= 4 is 49.3 Å². The summed E-state index contributed by atoms with van der Waals surface area (Å²) < 4.78 is 12.9. The van der Waals surface area contributed by atoms with Gasteiger partial charge in [-0.1, -0.05) is 11.8 Å². The van der Waals surface area contributed by atoms with E-state index in [2.05, 4.69) is 26.1 Å². The molecule has 2 aliphatic heterocycles. The molecule has 6 nitrogen and oxygen atoms in total. The molecule has 0 amide bonds. The average molecular weight is 431 g/mol. The summed E-state index contributed by atoms with van der Waals surface area (Å²) in [7, 11) is 0. The Balaban J connectivity index is 1.68. The van der Waals surface area contributed by atoms with Crippen molar-refractivity contribution < 1.29 is 9.47 Å². The summed E-state index contributed by atoms with van der Waals surface area (Å²) in [5.74, 6) is 0.899.